The molecule has 0 radical (unpaired) electrons. The van der Waals surface area contributed by atoms with Crippen molar-refractivity contribution in [2.45, 2.75) is 25.4 Å². The number of carbonyl (C=O) groups is 1. The molecule has 1 aliphatic rings. The molecule has 0 aromatic rings. The van der Waals surface area contributed by atoms with Crippen LogP contribution in [0.15, 0.2) is 0 Å². The minimum absolute atomic E-state index is 0.0119. The zero-order valence-electron chi connectivity index (χ0n) is 7.72. The van der Waals surface area contributed by atoms with E-state index in [9.17, 15) is 18.3 Å². The van der Waals surface area contributed by atoms with Crippen LogP contribution in [0.4, 0.5) is 0 Å². The average molecular weight is 222 g/mol. The van der Waals surface area contributed by atoms with Crippen molar-refractivity contribution >= 4 is 15.8 Å². The number of sulfone groups is 1. The van der Waals surface area contributed by atoms with Gasteiger partial charge in [-0.3, -0.25) is 4.79 Å². The highest BCUT2D eigenvalue weighted by molar-refractivity contribution is 7.91. The van der Waals surface area contributed by atoms with Gasteiger partial charge in [-0.25, -0.2) is 8.42 Å². The van der Waals surface area contributed by atoms with Gasteiger partial charge in [0.25, 0.3) is 0 Å². The predicted octanol–water partition coefficient (Wildman–Crippen LogP) is -0.353. The van der Waals surface area contributed by atoms with Gasteiger partial charge in [0.05, 0.1) is 24.0 Å². The van der Waals surface area contributed by atoms with Crippen molar-refractivity contribution < 1.29 is 23.4 Å². The minimum Gasteiger partial charge on any atom is -0.481 e. The Morgan fingerprint density at radius 2 is 1.86 bits per heavy atom. The van der Waals surface area contributed by atoms with E-state index >= 15 is 0 Å². The molecule has 1 saturated heterocycles. The first-order valence-electron chi connectivity index (χ1n) is 4.51. The molecule has 1 rings (SSSR count). The van der Waals surface area contributed by atoms with Crippen molar-refractivity contribution in [3.8, 4) is 0 Å². The summed E-state index contributed by atoms with van der Waals surface area (Å²) in [5.41, 5.74) is 0. The monoisotopic (exact) mass is 222 g/mol. The zero-order chi connectivity index (χ0) is 10.8. The first-order valence-corrected chi connectivity index (χ1v) is 6.33. The first-order chi connectivity index (χ1) is 6.41. The summed E-state index contributed by atoms with van der Waals surface area (Å²) in [6.07, 6.45) is -0.560. The highest BCUT2D eigenvalue weighted by atomic mass is 32.2. The Morgan fingerprint density at radius 3 is 2.43 bits per heavy atom. The molecule has 0 aromatic heterocycles. The quantitative estimate of drug-likeness (QED) is 0.666. The molecule has 1 heterocycles. The second-order valence-corrected chi connectivity index (χ2v) is 5.96. The third-order valence-electron chi connectivity index (χ3n) is 2.51. The molecule has 0 bridgehead atoms. The van der Waals surface area contributed by atoms with Crippen LogP contribution in [0.3, 0.4) is 0 Å². The van der Waals surface area contributed by atoms with Crippen LogP contribution in [-0.4, -0.2) is 42.2 Å². The minimum atomic E-state index is -3.07. The molecule has 0 saturated carbocycles. The van der Waals surface area contributed by atoms with E-state index in [0.717, 1.165) is 0 Å². The Kier molecular flexibility index (Phi) is 3.49. The van der Waals surface area contributed by atoms with Crippen LogP contribution in [0, 0.1) is 5.92 Å². The van der Waals surface area contributed by atoms with Crippen molar-refractivity contribution in [1.82, 2.24) is 0 Å². The third-order valence-corrected chi connectivity index (χ3v) is 4.22. The molecule has 0 unspecified atom stereocenters. The molecule has 0 aromatic carbocycles. The summed E-state index contributed by atoms with van der Waals surface area (Å²) in [5.74, 6) is -1.47. The second kappa shape index (κ2) is 4.27. The molecule has 0 spiro atoms. The Hall–Kier alpha value is -0.620. The Morgan fingerprint density at radius 1 is 1.29 bits per heavy atom. The summed E-state index contributed by atoms with van der Waals surface area (Å²) in [5, 5.41) is 18.0. The number of carboxylic acid groups (broad SMARTS) is 1. The largest absolute Gasteiger partial charge is 0.481 e. The Balaban J connectivity index is 2.65. The van der Waals surface area contributed by atoms with E-state index in [-0.39, 0.29) is 30.8 Å². The zero-order valence-corrected chi connectivity index (χ0v) is 8.53. The van der Waals surface area contributed by atoms with E-state index in [2.05, 4.69) is 0 Å². The van der Waals surface area contributed by atoms with Crippen molar-refractivity contribution in [3.63, 3.8) is 0 Å². The van der Waals surface area contributed by atoms with Crippen molar-refractivity contribution in [3.05, 3.63) is 0 Å². The van der Waals surface area contributed by atoms with Crippen LogP contribution in [0.25, 0.3) is 0 Å². The Bertz CT molecular complexity index is 308. The lowest BCUT2D eigenvalue weighted by atomic mass is 9.94. The fourth-order valence-electron chi connectivity index (χ4n) is 1.62. The van der Waals surface area contributed by atoms with Gasteiger partial charge < -0.3 is 10.2 Å². The highest BCUT2D eigenvalue weighted by Gasteiger charge is 2.29. The SMILES string of the molecule is O=C(O)C[C@H]1CCS(=O)(=O)CC[C@@H]1O. The maximum atomic E-state index is 11.2. The van der Waals surface area contributed by atoms with Gasteiger partial charge in [-0.2, -0.15) is 0 Å². The standard InChI is InChI=1S/C8H14O5S/c9-7-2-4-14(12,13)3-1-6(7)5-8(10)11/h6-7,9H,1-5H2,(H,10,11)/t6-,7+/m1/s1. The molecular formula is C8H14O5S. The van der Waals surface area contributed by atoms with E-state index in [1.165, 1.54) is 0 Å². The van der Waals surface area contributed by atoms with Gasteiger partial charge in [0.2, 0.25) is 0 Å². The summed E-state index contributed by atoms with van der Waals surface area (Å²) in [6, 6.07) is 0. The van der Waals surface area contributed by atoms with Gasteiger partial charge in [0, 0.05) is 0 Å². The summed E-state index contributed by atoms with van der Waals surface area (Å²) in [7, 11) is -3.07. The molecule has 82 valence electrons. The average Bonchev–Trinajstić information content (AvgIpc) is 2.17. The van der Waals surface area contributed by atoms with Crippen LogP contribution < -0.4 is 0 Å². The normalized spacial score (nSPS) is 32.1. The number of hydrogen-bond acceptors (Lipinski definition) is 4. The highest BCUT2D eigenvalue weighted by Crippen LogP contribution is 2.22. The van der Waals surface area contributed by atoms with E-state index in [4.69, 9.17) is 5.11 Å². The molecular weight excluding hydrogens is 208 g/mol. The van der Waals surface area contributed by atoms with Gasteiger partial charge in [-0.15, -0.1) is 0 Å². The number of aliphatic hydroxyl groups is 1. The molecule has 14 heavy (non-hydrogen) atoms. The maximum Gasteiger partial charge on any atom is 0.303 e. The fraction of sp³-hybridized carbons (Fsp3) is 0.875. The summed E-state index contributed by atoms with van der Waals surface area (Å²) in [6.45, 7) is 0. The first kappa shape index (κ1) is 11.5. The summed E-state index contributed by atoms with van der Waals surface area (Å²) >= 11 is 0. The number of aliphatic hydroxyl groups excluding tert-OH is 1. The van der Waals surface area contributed by atoms with Gasteiger partial charge in [-0.05, 0) is 18.8 Å². The molecule has 1 aliphatic heterocycles. The molecule has 0 aliphatic carbocycles. The van der Waals surface area contributed by atoms with Crippen molar-refractivity contribution in [1.29, 1.82) is 0 Å². The molecule has 2 atom stereocenters. The molecule has 0 amide bonds. The number of aliphatic carboxylic acids is 1. The van der Waals surface area contributed by atoms with Crippen LogP contribution in [-0.2, 0) is 14.6 Å². The predicted molar refractivity (Wildman–Crippen MR) is 49.6 cm³/mol. The van der Waals surface area contributed by atoms with Gasteiger partial charge in [0.15, 0.2) is 0 Å². The van der Waals surface area contributed by atoms with Gasteiger partial charge in [0.1, 0.15) is 9.84 Å². The number of hydrogen-bond donors (Lipinski definition) is 2. The molecule has 1 fully saturated rings. The topological polar surface area (TPSA) is 91.7 Å². The fourth-order valence-corrected chi connectivity index (χ4v) is 3.09. The van der Waals surface area contributed by atoms with Gasteiger partial charge in [-0.1, -0.05) is 0 Å². The lowest BCUT2D eigenvalue weighted by molar-refractivity contribution is -0.139. The summed E-state index contributed by atoms with van der Waals surface area (Å²) in [4.78, 5) is 10.4. The summed E-state index contributed by atoms with van der Waals surface area (Å²) < 4.78 is 22.4. The second-order valence-electron chi connectivity index (χ2n) is 3.65. The lowest BCUT2D eigenvalue weighted by Gasteiger charge is -2.16. The lowest BCUT2D eigenvalue weighted by Crippen LogP contribution is -2.22. The van der Waals surface area contributed by atoms with E-state index in [0.29, 0.717) is 0 Å². The third kappa shape index (κ3) is 3.26. The molecule has 6 heteroatoms. The van der Waals surface area contributed by atoms with E-state index in [1.54, 1.807) is 0 Å². The van der Waals surface area contributed by atoms with Crippen molar-refractivity contribution in [2.75, 3.05) is 11.5 Å². The Labute approximate surface area is 82.7 Å². The molecule has 2 N–H and O–H groups in total. The molecule has 5 nitrogen and oxygen atoms in total. The number of carboxylic acids is 1. The van der Waals surface area contributed by atoms with E-state index in [1.807, 2.05) is 0 Å². The van der Waals surface area contributed by atoms with Crippen LogP contribution in [0.1, 0.15) is 19.3 Å². The smallest absolute Gasteiger partial charge is 0.303 e. The maximum absolute atomic E-state index is 11.2. The van der Waals surface area contributed by atoms with E-state index < -0.39 is 27.8 Å². The van der Waals surface area contributed by atoms with Crippen LogP contribution in [0.2, 0.25) is 0 Å². The van der Waals surface area contributed by atoms with Gasteiger partial charge >= 0.3 is 5.97 Å². The number of rotatable bonds is 2. The van der Waals surface area contributed by atoms with Crippen LogP contribution >= 0.6 is 0 Å². The van der Waals surface area contributed by atoms with Crippen LogP contribution in [0.5, 0.6) is 0 Å². The van der Waals surface area contributed by atoms with Crippen molar-refractivity contribution in [2.24, 2.45) is 5.92 Å².